The second-order valence-corrected chi connectivity index (χ2v) is 9.43. The van der Waals surface area contributed by atoms with Crippen molar-refractivity contribution in [1.29, 1.82) is 0 Å². The molecule has 2 aromatic rings. The first kappa shape index (κ1) is 17.9. The number of amides is 1. The summed E-state index contributed by atoms with van der Waals surface area (Å²) >= 11 is 4.86. The van der Waals surface area contributed by atoms with Crippen molar-refractivity contribution in [2.24, 2.45) is 0 Å². The molecular formula is C15H15BrN2O3S2. The van der Waals surface area contributed by atoms with E-state index in [4.69, 9.17) is 0 Å². The van der Waals surface area contributed by atoms with Crippen LogP contribution in [0.25, 0.3) is 6.08 Å². The molecule has 122 valence electrons. The molecule has 0 aliphatic rings. The molecule has 0 unspecified atom stereocenters. The van der Waals surface area contributed by atoms with E-state index in [1.54, 1.807) is 18.2 Å². The minimum absolute atomic E-state index is 0.131. The summed E-state index contributed by atoms with van der Waals surface area (Å²) in [4.78, 5) is 13.0. The van der Waals surface area contributed by atoms with Gasteiger partial charge in [-0.15, -0.1) is 11.3 Å². The van der Waals surface area contributed by atoms with Gasteiger partial charge in [0.25, 0.3) is 0 Å². The van der Waals surface area contributed by atoms with Crippen LogP contribution >= 0.6 is 27.3 Å². The summed E-state index contributed by atoms with van der Waals surface area (Å²) in [5, 5.41) is 2.65. The SMILES string of the molecule is CN(C)S(=O)(=O)c1cccc(NC(=O)/C=C/c2ccc(Br)s2)c1. The van der Waals surface area contributed by atoms with Gasteiger partial charge in [-0.05, 0) is 52.3 Å². The van der Waals surface area contributed by atoms with Crippen molar-refractivity contribution in [1.82, 2.24) is 4.31 Å². The molecule has 8 heteroatoms. The summed E-state index contributed by atoms with van der Waals surface area (Å²) in [7, 11) is -0.606. The van der Waals surface area contributed by atoms with Gasteiger partial charge in [-0.1, -0.05) is 6.07 Å². The molecule has 1 aromatic carbocycles. The smallest absolute Gasteiger partial charge is 0.248 e. The zero-order valence-corrected chi connectivity index (χ0v) is 15.7. The quantitative estimate of drug-likeness (QED) is 0.762. The summed E-state index contributed by atoms with van der Waals surface area (Å²) < 4.78 is 26.3. The normalized spacial score (nSPS) is 12.0. The fraction of sp³-hybridized carbons (Fsp3) is 0.133. The van der Waals surface area contributed by atoms with Gasteiger partial charge in [0.1, 0.15) is 0 Å². The van der Waals surface area contributed by atoms with Gasteiger partial charge >= 0.3 is 0 Å². The average molecular weight is 415 g/mol. The van der Waals surface area contributed by atoms with Crippen LogP contribution in [0.3, 0.4) is 0 Å². The number of anilines is 1. The van der Waals surface area contributed by atoms with E-state index in [0.717, 1.165) is 13.0 Å². The van der Waals surface area contributed by atoms with Crippen LogP contribution in [0.1, 0.15) is 4.88 Å². The van der Waals surface area contributed by atoms with Crippen LogP contribution in [-0.2, 0) is 14.8 Å². The molecule has 0 atom stereocenters. The van der Waals surface area contributed by atoms with Gasteiger partial charge in [-0.25, -0.2) is 12.7 Å². The van der Waals surface area contributed by atoms with E-state index in [1.807, 2.05) is 12.1 Å². The molecule has 0 saturated heterocycles. The molecule has 2 rings (SSSR count). The number of nitrogens with one attached hydrogen (secondary N) is 1. The average Bonchev–Trinajstić information content (AvgIpc) is 2.91. The summed E-state index contributed by atoms with van der Waals surface area (Å²) in [6, 6.07) is 9.95. The molecule has 1 N–H and O–H groups in total. The van der Waals surface area contributed by atoms with E-state index in [2.05, 4.69) is 21.2 Å². The molecule has 0 aliphatic heterocycles. The highest BCUT2D eigenvalue weighted by Crippen LogP contribution is 2.23. The minimum atomic E-state index is -3.53. The second kappa shape index (κ2) is 7.39. The Hall–Kier alpha value is -1.48. The van der Waals surface area contributed by atoms with Crippen LogP contribution in [0.4, 0.5) is 5.69 Å². The first-order valence-corrected chi connectivity index (χ1v) is 9.61. The number of sulfonamides is 1. The third kappa shape index (κ3) is 4.74. The molecule has 0 radical (unpaired) electrons. The molecule has 0 spiro atoms. The van der Waals surface area contributed by atoms with E-state index in [9.17, 15) is 13.2 Å². The third-order valence-corrected chi connectivity index (χ3v) is 6.27. The molecule has 1 amide bonds. The molecule has 5 nitrogen and oxygen atoms in total. The Morgan fingerprint density at radius 3 is 2.61 bits per heavy atom. The number of halogens is 1. The van der Waals surface area contributed by atoms with Crippen molar-refractivity contribution in [3.05, 3.63) is 51.1 Å². The van der Waals surface area contributed by atoms with Crippen molar-refractivity contribution in [3.63, 3.8) is 0 Å². The first-order chi connectivity index (χ1) is 10.8. The Bertz CT molecular complexity index is 842. The predicted octanol–water partition coefficient (Wildman–Crippen LogP) is 3.41. The standard InChI is InChI=1S/C15H15BrN2O3S2/c1-18(2)23(20,21)13-5-3-4-11(10-13)17-15(19)9-7-12-6-8-14(16)22-12/h3-10H,1-2H3,(H,17,19)/b9-7+. The first-order valence-electron chi connectivity index (χ1n) is 6.56. The van der Waals surface area contributed by atoms with Crippen molar-refractivity contribution >= 4 is 55.0 Å². The molecular weight excluding hydrogens is 400 g/mol. The van der Waals surface area contributed by atoms with Gasteiger partial charge in [0.15, 0.2) is 0 Å². The number of rotatable bonds is 5. The van der Waals surface area contributed by atoms with Gasteiger partial charge in [0, 0.05) is 30.7 Å². The number of carbonyl (C=O) groups is 1. The molecule has 0 aliphatic carbocycles. The van der Waals surface area contributed by atoms with Crippen molar-refractivity contribution in [2.45, 2.75) is 4.90 Å². The Kier molecular flexibility index (Phi) is 5.74. The zero-order valence-electron chi connectivity index (χ0n) is 12.5. The van der Waals surface area contributed by atoms with Gasteiger partial charge < -0.3 is 5.32 Å². The summed E-state index contributed by atoms with van der Waals surface area (Å²) in [5.41, 5.74) is 0.426. The van der Waals surface area contributed by atoms with E-state index in [0.29, 0.717) is 5.69 Å². The number of benzene rings is 1. The lowest BCUT2D eigenvalue weighted by Gasteiger charge is -2.12. The second-order valence-electron chi connectivity index (χ2n) is 4.78. The van der Waals surface area contributed by atoms with E-state index < -0.39 is 10.0 Å². The summed E-state index contributed by atoms with van der Waals surface area (Å²) in [6.45, 7) is 0. The van der Waals surface area contributed by atoms with Crippen molar-refractivity contribution in [3.8, 4) is 0 Å². The third-order valence-electron chi connectivity index (χ3n) is 2.87. The summed E-state index contributed by atoms with van der Waals surface area (Å²) in [6.07, 6.45) is 3.11. The van der Waals surface area contributed by atoms with Crippen LogP contribution in [0.2, 0.25) is 0 Å². The number of nitrogens with zero attached hydrogens (tertiary/aromatic N) is 1. The van der Waals surface area contributed by atoms with E-state index >= 15 is 0 Å². The minimum Gasteiger partial charge on any atom is -0.322 e. The van der Waals surface area contributed by atoms with Crippen LogP contribution in [0.15, 0.2) is 51.2 Å². The highest BCUT2D eigenvalue weighted by atomic mass is 79.9. The highest BCUT2D eigenvalue weighted by molar-refractivity contribution is 9.11. The lowest BCUT2D eigenvalue weighted by molar-refractivity contribution is -0.111. The van der Waals surface area contributed by atoms with Gasteiger partial charge in [0.05, 0.1) is 8.68 Å². The van der Waals surface area contributed by atoms with Crippen LogP contribution < -0.4 is 5.32 Å². The molecule has 0 bridgehead atoms. The summed E-state index contributed by atoms with van der Waals surface area (Å²) in [5.74, 6) is -0.325. The molecule has 0 fully saturated rings. The van der Waals surface area contributed by atoms with Gasteiger partial charge in [-0.2, -0.15) is 0 Å². The fourth-order valence-corrected chi connectivity index (χ4v) is 3.98. The van der Waals surface area contributed by atoms with Gasteiger partial charge in [-0.3, -0.25) is 4.79 Å². The topological polar surface area (TPSA) is 66.5 Å². The Labute approximate surface area is 147 Å². The molecule has 1 heterocycles. The number of hydrogen-bond acceptors (Lipinski definition) is 4. The maximum Gasteiger partial charge on any atom is 0.248 e. The van der Waals surface area contributed by atoms with E-state index in [1.165, 1.54) is 43.6 Å². The number of carbonyl (C=O) groups excluding carboxylic acids is 1. The monoisotopic (exact) mass is 414 g/mol. The van der Waals surface area contributed by atoms with Crippen molar-refractivity contribution < 1.29 is 13.2 Å². The van der Waals surface area contributed by atoms with Crippen LogP contribution in [0.5, 0.6) is 0 Å². The molecule has 0 saturated carbocycles. The lowest BCUT2D eigenvalue weighted by atomic mass is 10.3. The Morgan fingerprint density at radius 1 is 1.26 bits per heavy atom. The fourth-order valence-electron chi connectivity index (χ4n) is 1.70. The van der Waals surface area contributed by atoms with E-state index in [-0.39, 0.29) is 10.8 Å². The lowest BCUT2D eigenvalue weighted by Crippen LogP contribution is -2.22. The Morgan fingerprint density at radius 2 is 2.00 bits per heavy atom. The predicted molar refractivity (Wildman–Crippen MR) is 97.0 cm³/mol. The van der Waals surface area contributed by atoms with Crippen LogP contribution in [0, 0.1) is 0 Å². The zero-order chi connectivity index (χ0) is 17.0. The molecule has 23 heavy (non-hydrogen) atoms. The number of hydrogen-bond donors (Lipinski definition) is 1. The number of thiophene rings is 1. The maximum atomic E-state index is 12.1. The largest absolute Gasteiger partial charge is 0.322 e. The molecule has 1 aromatic heterocycles. The Balaban J connectivity index is 2.11. The van der Waals surface area contributed by atoms with Crippen molar-refractivity contribution in [2.75, 3.05) is 19.4 Å². The van der Waals surface area contributed by atoms with Crippen LogP contribution in [-0.4, -0.2) is 32.7 Å². The van der Waals surface area contributed by atoms with Gasteiger partial charge in [0.2, 0.25) is 15.9 Å². The maximum absolute atomic E-state index is 12.1. The highest BCUT2D eigenvalue weighted by Gasteiger charge is 2.17.